The fourth-order valence-corrected chi connectivity index (χ4v) is 2.84. The number of Topliss-reactive ketones (excluding diaryl/α,β-unsaturated/α-hetero) is 1. The van der Waals surface area contributed by atoms with Crippen molar-refractivity contribution in [1.82, 2.24) is 0 Å². The molecular formula is C13H8Br2ClNO4. The number of ketones is 1. The second-order valence-electron chi connectivity index (χ2n) is 4.11. The zero-order valence-electron chi connectivity index (χ0n) is 10.3. The van der Waals surface area contributed by atoms with E-state index in [1.54, 1.807) is 24.3 Å². The third kappa shape index (κ3) is 3.72. The molecule has 110 valence electrons. The quantitative estimate of drug-likeness (QED) is 0.288. The molecule has 1 heterocycles. The molecule has 2 aromatic rings. The van der Waals surface area contributed by atoms with Gasteiger partial charge in [0.15, 0.2) is 5.76 Å². The molecule has 0 saturated carbocycles. The Morgan fingerprint density at radius 1 is 1.19 bits per heavy atom. The van der Waals surface area contributed by atoms with Crippen molar-refractivity contribution < 1.29 is 14.1 Å². The molecule has 1 aromatic carbocycles. The smallest absolute Gasteiger partial charge is 0.397 e. The first-order chi connectivity index (χ1) is 9.90. The van der Waals surface area contributed by atoms with E-state index in [1.807, 2.05) is 0 Å². The maximum atomic E-state index is 12.2. The molecule has 21 heavy (non-hydrogen) atoms. The predicted molar refractivity (Wildman–Crippen MR) is 85.5 cm³/mol. The zero-order chi connectivity index (χ0) is 15.6. The number of carbonyl (C=O) groups excluding carboxylic acids is 1. The fourth-order valence-electron chi connectivity index (χ4n) is 1.64. The topological polar surface area (TPSA) is 73.3 Å². The van der Waals surface area contributed by atoms with Crippen LogP contribution in [0.15, 0.2) is 40.8 Å². The van der Waals surface area contributed by atoms with E-state index >= 15 is 0 Å². The van der Waals surface area contributed by atoms with Gasteiger partial charge in [0.1, 0.15) is 4.92 Å². The average molecular weight is 437 g/mol. The van der Waals surface area contributed by atoms with Gasteiger partial charge >= 0.3 is 5.88 Å². The van der Waals surface area contributed by atoms with Crippen molar-refractivity contribution in [2.45, 2.75) is 9.65 Å². The van der Waals surface area contributed by atoms with E-state index in [4.69, 9.17) is 16.0 Å². The van der Waals surface area contributed by atoms with Gasteiger partial charge in [-0.1, -0.05) is 55.6 Å². The molecule has 1 aromatic heterocycles. The van der Waals surface area contributed by atoms with Crippen LogP contribution in [0.5, 0.6) is 0 Å². The van der Waals surface area contributed by atoms with Crippen LogP contribution in [0.3, 0.4) is 0 Å². The second kappa shape index (κ2) is 6.72. The number of benzene rings is 1. The Kier molecular flexibility index (Phi) is 5.18. The largest absolute Gasteiger partial charge is 0.433 e. The summed E-state index contributed by atoms with van der Waals surface area (Å²) in [6.45, 7) is 0. The first-order valence-corrected chi connectivity index (χ1v) is 7.93. The van der Waals surface area contributed by atoms with Crippen molar-refractivity contribution in [1.29, 1.82) is 0 Å². The summed E-state index contributed by atoms with van der Waals surface area (Å²) in [5, 5.41) is 11.2. The molecule has 2 atom stereocenters. The summed E-state index contributed by atoms with van der Waals surface area (Å²) in [7, 11) is 0. The Morgan fingerprint density at radius 3 is 2.33 bits per heavy atom. The summed E-state index contributed by atoms with van der Waals surface area (Å²) in [6.07, 6.45) is 0. The van der Waals surface area contributed by atoms with Crippen LogP contribution in [0.2, 0.25) is 5.02 Å². The highest BCUT2D eigenvalue weighted by Crippen LogP contribution is 2.34. The summed E-state index contributed by atoms with van der Waals surface area (Å²) >= 11 is 12.5. The maximum Gasteiger partial charge on any atom is 0.433 e. The lowest BCUT2D eigenvalue weighted by Gasteiger charge is -2.15. The van der Waals surface area contributed by atoms with E-state index in [0.717, 1.165) is 11.6 Å². The van der Waals surface area contributed by atoms with Gasteiger partial charge in [0, 0.05) is 5.02 Å². The number of carbonyl (C=O) groups is 1. The summed E-state index contributed by atoms with van der Waals surface area (Å²) < 4.78 is 4.91. The Balaban J connectivity index is 2.17. The van der Waals surface area contributed by atoms with E-state index in [2.05, 4.69) is 31.9 Å². The molecule has 0 bridgehead atoms. The van der Waals surface area contributed by atoms with E-state index in [0.29, 0.717) is 5.02 Å². The lowest BCUT2D eigenvalue weighted by molar-refractivity contribution is -0.402. The van der Waals surface area contributed by atoms with Crippen molar-refractivity contribution in [3.8, 4) is 0 Å². The first kappa shape index (κ1) is 16.2. The molecule has 0 amide bonds. The lowest BCUT2D eigenvalue weighted by atomic mass is 10.1. The number of rotatable bonds is 5. The van der Waals surface area contributed by atoms with E-state index in [9.17, 15) is 14.9 Å². The highest BCUT2D eigenvalue weighted by molar-refractivity contribution is 9.12. The third-order valence-corrected chi connectivity index (χ3v) is 5.67. The molecule has 0 N–H and O–H groups in total. The standard InChI is InChI=1S/C13H8Br2ClNO4/c14-11(7-1-3-8(16)4-2-7)12(15)13(18)9-5-6-10(21-9)17(19)20/h1-6,11-12H. The molecule has 0 aliphatic carbocycles. The molecule has 0 aliphatic rings. The van der Waals surface area contributed by atoms with Crippen molar-refractivity contribution in [2.75, 3.05) is 0 Å². The molecular weight excluding hydrogens is 429 g/mol. The van der Waals surface area contributed by atoms with Crippen LogP contribution in [0.4, 0.5) is 5.88 Å². The van der Waals surface area contributed by atoms with Crippen LogP contribution in [-0.4, -0.2) is 15.5 Å². The number of nitro groups is 1. The van der Waals surface area contributed by atoms with Gasteiger partial charge in [0.2, 0.25) is 5.78 Å². The molecule has 2 unspecified atom stereocenters. The monoisotopic (exact) mass is 435 g/mol. The lowest BCUT2D eigenvalue weighted by Crippen LogP contribution is -2.18. The highest BCUT2D eigenvalue weighted by atomic mass is 79.9. The Labute approximate surface area is 141 Å². The SMILES string of the molecule is O=C(c1ccc([N+](=O)[O-])o1)C(Br)C(Br)c1ccc(Cl)cc1. The van der Waals surface area contributed by atoms with Crippen molar-refractivity contribution in [3.05, 3.63) is 62.9 Å². The van der Waals surface area contributed by atoms with Gasteiger partial charge in [-0.2, -0.15) is 0 Å². The van der Waals surface area contributed by atoms with Crippen LogP contribution in [0.25, 0.3) is 0 Å². The molecule has 5 nitrogen and oxygen atoms in total. The van der Waals surface area contributed by atoms with Crippen molar-refractivity contribution >= 4 is 55.1 Å². The Bertz CT molecular complexity index is 671. The van der Waals surface area contributed by atoms with Gasteiger partial charge in [-0.3, -0.25) is 14.9 Å². The minimum absolute atomic E-state index is 0.0676. The molecule has 2 rings (SSSR count). The van der Waals surface area contributed by atoms with Gasteiger partial charge in [0.05, 0.1) is 15.7 Å². The van der Waals surface area contributed by atoms with Crippen LogP contribution in [-0.2, 0) is 0 Å². The molecule has 8 heteroatoms. The van der Waals surface area contributed by atoms with Crippen LogP contribution in [0.1, 0.15) is 20.9 Å². The maximum absolute atomic E-state index is 12.2. The highest BCUT2D eigenvalue weighted by Gasteiger charge is 2.29. The Morgan fingerprint density at radius 2 is 1.81 bits per heavy atom. The van der Waals surface area contributed by atoms with Crippen LogP contribution >= 0.6 is 43.5 Å². The number of alkyl halides is 2. The Hall–Kier alpha value is -1.18. The van der Waals surface area contributed by atoms with Gasteiger partial charge in [-0.25, -0.2) is 0 Å². The van der Waals surface area contributed by atoms with Crippen molar-refractivity contribution in [3.63, 3.8) is 0 Å². The van der Waals surface area contributed by atoms with E-state index in [-0.39, 0.29) is 16.4 Å². The average Bonchev–Trinajstić information content (AvgIpc) is 2.96. The van der Waals surface area contributed by atoms with Gasteiger partial charge < -0.3 is 4.42 Å². The zero-order valence-corrected chi connectivity index (χ0v) is 14.3. The number of nitrogens with zero attached hydrogens (tertiary/aromatic N) is 1. The summed E-state index contributed by atoms with van der Waals surface area (Å²) in [4.78, 5) is 21.2. The first-order valence-electron chi connectivity index (χ1n) is 5.72. The normalized spacial score (nSPS) is 13.7. The van der Waals surface area contributed by atoms with Gasteiger partial charge in [-0.15, -0.1) is 0 Å². The molecule has 0 spiro atoms. The van der Waals surface area contributed by atoms with Gasteiger partial charge in [0.25, 0.3) is 0 Å². The number of hydrogen-bond donors (Lipinski definition) is 0. The van der Waals surface area contributed by atoms with Gasteiger partial charge in [-0.05, 0) is 23.8 Å². The van der Waals surface area contributed by atoms with E-state index < -0.39 is 15.6 Å². The van der Waals surface area contributed by atoms with Crippen molar-refractivity contribution in [2.24, 2.45) is 0 Å². The number of furan rings is 1. The fraction of sp³-hybridized carbons (Fsp3) is 0.154. The summed E-state index contributed by atoms with van der Waals surface area (Å²) in [5.74, 6) is -0.919. The van der Waals surface area contributed by atoms with Crippen LogP contribution < -0.4 is 0 Å². The minimum atomic E-state index is -0.690. The number of halogens is 3. The third-order valence-electron chi connectivity index (χ3n) is 2.71. The minimum Gasteiger partial charge on any atom is -0.397 e. The van der Waals surface area contributed by atoms with E-state index in [1.165, 1.54) is 6.07 Å². The second-order valence-corrected chi connectivity index (χ2v) is 6.52. The molecule has 0 radical (unpaired) electrons. The number of hydrogen-bond acceptors (Lipinski definition) is 4. The molecule has 0 aliphatic heterocycles. The summed E-state index contributed by atoms with van der Waals surface area (Å²) in [6, 6.07) is 9.44. The summed E-state index contributed by atoms with van der Waals surface area (Å²) in [5.41, 5.74) is 0.843. The predicted octanol–water partition coefficient (Wildman–Crippen LogP) is 4.92. The molecule has 0 saturated heterocycles. The van der Waals surface area contributed by atoms with Crippen LogP contribution in [0, 0.1) is 10.1 Å². The molecule has 0 fully saturated rings.